The van der Waals surface area contributed by atoms with Gasteiger partial charge in [-0.2, -0.15) is 0 Å². The predicted octanol–water partition coefficient (Wildman–Crippen LogP) is -0.202. The summed E-state index contributed by atoms with van der Waals surface area (Å²) in [6.07, 6.45) is 0.0355. The summed E-state index contributed by atoms with van der Waals surface area (Å²) in [7, 11) is 1.55. The Balaban J connectivity index is 1.88. The van der Waals surface area contributed by atoms with Crippen LogP contribution in [0.1, 0.15) is 6.92 Å². The lowest BCUT2D eigenvalue weighted by Gasteiger charge is -2.08. The number of rotatable bonds is 6. The largest absolute Gasteiger partial charge is 0.388 e. The Hall–Kier alpha value is -0.160. The van der Waals surface area contributed by atoms with E-state index in [1.54, 1.807) is 7.11 Å². The number of aliphatic hydroxyl groups excluding tert-OH is 1. The highest BCUT2D eigenvalue weighted by Crippen LogP contribution is 2.20. The summed E-state index contributed by atoms with van der Waals surface area (Å²) in [6.45, 7) is 3.21. The number of methoxy groups -OCH3 is 1. The molecule has 0 aliphatic carbocycles. The lowest BCUT2D eigenvalue weighted by Crippen LogP contribution is -2.22. The highest BCUT2D eigenvalue weighted by molar-refractivity contribution is 4.79. The van der Waals surface area contributed by atoms with Gasteiger partial charge >= 0.3 is 0 Å². The molecule has 1 N–H and O–H groups in total. The van der Waals surface area contributed by atoms with Crippen LogP contribution in [0, 0.1) is 0 Å². The van der Waals surface area contributed by atoms with Crippen molar-refractivity contribution in [2.24, 2.45) is 0 Å². The molecule has 0 aromatic rings. The maximum Gasteiger partial charge on any atom is 0.107 e. The summed E-state index contributed by atoms with van der Waals surface area (Å²) in [5, 5.41) is 9.16. The van der Waals surface area contributed by atoms with Gasteiger partial charge < -0.3 is 19.3 Å². The second-order valence-electron chi connectivity index (χ2n) is 3.03. The Bertz CT molecular complexity index is 128. The number of aliphatic hydroxyl groups is 1. The number of ether oxygens (including phenoxy) is 3. The third kappa shape index (κ3) is 3.49. The first-order chi connectivity index (χ1) is 5.74. The van der Waals surface area contributed by atoms with Gasteiger partial charge in [0.1, 0.15) is 12.2 Å². The molecule has 1 aliphatic heterocycles. The van der Waals surface area contributed by atoms with Gasteiger partial charge in [0, 0.05) is 7.11 Å². The minimum Gasteiger partial charge on any atom is -0.388 e. The van der Waals surface area contributed by atoms with Gasteiger partial charge in [-0.25, -0.2) is 0 Å². The van der Waals surface area contributed by atoms with Crippen molar-refractivity contribution in [2.75, 3.05) is 26.9 Å². The van der Waals surface area contributed by atoms with Crippen molar-refractivity contribution in [1.29, 1.82) is 0 Å². The van der Waals surface area contributed by atoms with Crippen molar-refractivity contribution < 1.29 is 19.3 Å². The fourth-order valence-corrected chi connectivity index (χ4v) is 0.966. The van der Waals surface area contributed by atoms with Crippen molar-refractivity contribution in [3.63, 3.8) is 0 Å². The third-order valence-electron chi connectivity index (χ3n) is 1.79. The molecule has 0 spiro atoms. The van der Waals surface area contributed by atoms with Crippen LogP contribution >= 0.6 is 0 Å². The average Bonchev–Trinajstić information content (AvgIpc) is 2.67. The van der Waals surface area contributed by atoms with E-state index in [0.29, 0.717) is 25.9 Å². The van der Waals surface area contributed by atoms with E-state index in [0.717, 1.165) is 0 Å². The van der Waals surface area contributed by atoms with Crippen molar-refractivity contribution >= 4 is 0 Å². The molecule has 0 radical (unpaired) electrons. The predicted molar refractivity (Wildman–Crippen MR) is 43.0 cm³/mol. The molecule has 1 heterocycles. The number of hydrogen-bond acceptors (Lipinski definition) is 4. The van der Waals surface area contributed by atoms with E-state index < -0.39 is 6.10 Å². The van der Waals surface area contributed by atoms with E-state index in [1.165, 1.54) is 0 Å². The van der Waals surface area contributed by atoms with Gasteiger partial charge in [-0.1, -0.05) is 0 Å². The van der Waals surface area contributed by atoms with Crippen LogP contribution in [0.3, 0.4) is 0 Å². The topological polar surface area (TPSA) is 51.2 Å². The van der Waals surface area contributed by atoms with Crippen LogP contribution in [0.4, 0.5) is 0 Å². The van der Waals surface area contributed by atoms with E-state index in [4.69, 9.17) is 19.3 Å². The number of epoxide rings is 1. The molecular weight excluding hydrogens is 160 g/mol. The van der Waals surface area contributed by atoms with Crippen LogP contribution in [0.2, 0.25) is 0 Å². The van der Waals surface area contributed by atoms with Gasteiger partial charge in [0.25, 0.3) is 0 Å². The molecule has 0 bridgehead atoms. The summed E-state index contributed by atoms with van der Waals surface area (Å²) in [5.74, 6) is 0. The molecule has 0 amide bonds. The van der Waals surface area contributed by atoms with Crippen molar-refractivity contribution in [1.82, 2.24) is 0 Å². The Labute approximate surface area is 72.4 Å². The van der Waals surface area contributed by atoms with Gasteiger partial charge in [0.2, 0.25) is 0 Å². The van der Waals surface area contributed by atoms with Crippen LogP contribution in [0.15, 0.2) is 0 Å². The van der Waals surface area contributed by atoms with Gasteiger partial charge in [-0.3, -0.25) is 0 Å². The maximum absolute atomic E-state index is 9.16. The zero-order valence-electron chi connectivity index (χ0n) is 7.53. The van der Waals surface area contributed by atoms with Crippen molar-refractivity contribution in [3.8, 4) is 0 Å². The minimum absolute atomic E-state index is 0.236. The molecule has 12 heavy (non-hydrogen) atoms. The lowest BCUT2D eigenvalue weighted by atomic mass is 10.3. The second-order valence-corrected chi connectivity index (χ2v) is 3.03. The Kier molecular flexibility index (Phi) is 3.94. The maximum atomic E-state index is 9.16. The summed E-state index contributed by atoms with van der Waals surface area (Å²) >= 11 is 0. The van der Waals surface area contributed by atoms with E-state index in [-0.39, 0.29) is 6.10 Å². The summed E-state index contributed by atoms with van der Waals surface area (Å²) in [4.78, 5) is 0. The highest BCUT2D eigenvalue weighted by atomic mass is 16.6. The summed E-state index contributed by atoms with van der Waals surface area (Å²) in [6, 6.07) is 0. The van der Waals surface area contributed by atoms with Crippen molar-refractivity contribution in [2.45, 2.75) is 25.2 Å². The molecule has 0 aromatic carbocycles. The van der Waals surface area contributed by atoms with Crippen LogP contribution in [-0.2, 0) is 14.2 Å². The van der Waals surface area contributed by atoms with E-state index >= 15 is 0 Å². The fraction of sp³-hybridized carbons (Fsp3) is 1.00. The Morgan fingerprint density at radius 2 is 2.17 bits per heavy atom. The quantitative estimate of drug-likeness (QED) is 0.569. The van der Waals surface area contributed by atoms with Gasteiger partial charge in [0.15, 0.2) is 0 Å². The molecule has 4 nitrogen and oxygen atoms in total. The summed E-state index contributed by atoms with van der Waals surface area (Å²) in [5.41, 5.74) is 0. The molecule has 72 valence electrons. The molecule has 3 unspecified atom stereocenters. The Morgan fingerprint density at radius 3 is 2.67 bits per heavy atom. The Morgan fingerprint density at radius 1 is 1.50 bits per heavy atom. The average molecular weight is 176 g/mol. The lowest BCUT2D eigenvalue weighted by molar-refractivity contribution is -0.00935. The standard InChI is InChI=1S/C8H16O4/c1-6-8(12-6)5-11-4-7(9)3-10-2/h6-9H,3-5H2,1-2H3. The zero-order valence-corrected chi connectivity index (χ0v) is 7.53. The molecule has 0 aromatic heterocycles. The third-order valence-corrected chi connectivity index (χ3v) is 1.79. The normalized spacial score (nSPS) is 30.2. The fourth-order valence-electron chi connectivity index (χ4n) is 0.966. The van der Waals surface area contributed by atoms with Crippen molar-refractivity contribution in [3.05, 3.63) is 0 Å². The molecule has 4 heteroatoms. The first-order valence-corrected chi connectivity index (χ1v) is 4.14. The van der Waals surface area contributed by atoms with E-state index in [1.807, 2.05) is 6.92 Å². The molecule has 1 fully saturated rings. The minimum atomic E-state index is -0.524. The molecule has 3 atom stereocenters. The molecular formula is C8H16O4. The first-order valence-electron chi connectivity index (χ1n) is 4.14. The molecule has 1 saturated heterocycles. The van der Waals surface area contributed by atoms with E-state index in [9.17, 15) is 0 Å². The second kappa shape index (κ2) is 4.77. The first kappa shape index (κ1) is 9.92. The van der Waals surface area contributed by atoms with Crippen LogP contribution in [-0.4, -0.2) is 50.3 Å². The van der Waals surface area contributed by atoms with Crippen LogP contribution < -0.4 is 0 Å². The monoisotopic (exact) mass is 176 g/mol. The van der Waals surface area contributed by atoms with Gasteiger partial charge in [-0.05, 0) is 6.92 Å². The smallest absolute Gasteiger partial charge is 0.107 e. The molecule has 0 saturated carbocycles. The summed E-state index contributed by atoms with van der Waals surface area (Å²) < 4.78 is 15.0. The van der Waals surface area contributed by atoms with Crippen LogP contribution in [0.5, 0.6) is 0 Å². The molecule has 1 aliphatic rings. The van der Waals surface area contributed by atoms with Gasteiger partial charge in [0.05, 0.1) is 25.9 Å². The molecule has 1 rings (SSSR count). The number of hydrogen-bond donors (Lipinski definition) is 1. The highest BCUT2D eigenvalue weighted by Gasteiger charge is 2.34. The van der Waals surface area contributed by atoms with Gasteiger partial charge in [-0.15, -0.1) is 0 Å². The SMILES string of the molecule is COCC(O)COCC1OC1C. The zero-order chi connectivity index (χ0) is 8.97. The van der Waals surface area contributed by atoms with Crippen LogP contribution in [0.25, 0.3) is 0 Å². The van der Waals surface area contributed by atoms with E-state index in [2.05, 4.69) is 0 Å².